The molecule has 0 aliphatic rings. The van der Waals surface area contributed by atoms with Gasteiger partial charge in [0.1, 0.15) is 11.5 Å². The van der Waals surface area contributed by atoms with Crippen LogP contribution in [0.1, 0.15) is 37.6 Å². The quantitative estimate of drug-likeness (QED) is 0.166. The molecular formula is C26H29ClNO8PS. The van der Waals surface area contributed by atoms with E-state index in [1.807, 2.05) is 0 Å². The molecule has 3 aromatic rings. The summed E-state index contributed by atoms with van der Waals surface area (Å²) in [5, 5.41) is 5.10. The standard InChI is InChI=1S/C26H29ClNO8PS/c1-26(2,3)25(30)35-15-36-37(31,32)23(21-14-38-22-7-6-17(27)12-20(21)22)24(29)28-9-8-16-10-18(33-4)13-19(11-16)34-5/h6-14,23H,15H2,1-5H3,(H,28,29)(H,31,32)/b9-8+. The van der Waals surface area contributed by atoms with Crippen molar-refractivity contribution in [3.8, 4) is 11.5 Å². The van der Waals surface area contributed by atoms with E-state index in [9.17, 15) is 19.0 Å². The number of hydrogen-bond acceptors (Lipinski definition) is 8. The second-order valence-electron chi connectivity index (χ2n) is 9.21. The van der Waals surface area contributed by atoms with Gasteiger partial charge in [0.2, 0.25) is 12.7 Å². The maximum Gasteiger partial charge on any atom is 0.347 e. The highest BCUT2D eigenvalue weighted by Crippen LogP contribution is 2.58. The van der Waals surface area contributed by atoms with Crippen LogP contribution in [0.4, 0.5) is 0 Å². The van der Waals surface area contributed by atoms with E-state index in [0.29, 0.717) is 27.5 Å². The van der Waals surface area contributed by atoms with E-state index >= 15 is 0 Å². The van der Waals surface area contributed by atoms with Crippen molar-refractivity contribution in [3.63, 3.8) is 0 Å². The Kier molecular flexibility index (Phi) is 9.62. The molecule has 0 aliphatic heterocycles. The van der Waals surface area contributed by atoms with Gasteiger partial charge >= 0.3 is 13.6 Å². The SMILES string of the molecule is COc1cc(/C=C/NC(=O)C(c2csc3ccc(Cl)cc23)P(=O)(O)OCOC(=O)C(C)(C)C)cc(OC)c1. The van der Waals surface area contributed by atoms with Crippen molar-refractivity contribution in [2.45, 2.75) is 26.4 Å². The van der Waals surface area contributed by atoms with Crippen LogP contribution in [-0.2, 0) is 23.4 Å². The molecule has 0 saturated carbocycles. The Hall–Kier alpha value is -2.88. The number of esters is 1. The fraction of sp³-hybridized carbons (Fsp3) is 0.308. The Morgan fingerprint density at radius 1 is 1.13 bits per heavy atom. The van der Waals surface area contributed by atoms with Gasteiger partial charge in [-0.05, 0) is 79.1 Å². The highest BCUT2D eigenvalue weighted by Gasteiger charge is 2.42. The maximum absolute atomic E-state index is 13.4. The molecule has 12 heteroatoms. The minimum atomic E-state index is -4.71. The van der Waals surface area contributed by atoms with Crippen LogP contribution in [0.5, 0.6) is 11.5 Å². The van der Waals surface area contributed by atoms with Crippen LogP contribution in [0.2, 0.25) is 5.02 Å². The lowest BCUT2D eigenvalue weighted by Crippen LogP contribution is -2.27. The number of methoxy groups -OCH3 is 2. The first kappa shape index (κ1) is 29.7. The van der Waals surface area contributed by atoms with Gasteiger partial charge in [0.15, 0.2) is 5.66 Å². The van der Waals surface area contributed by atoms with Crippen LogP contribution in [0, 0.1) is 5.41 Å². The number of carbonyl (C=O) groups is 2. The van der Waals surface area contributed by atoms with Crippen molar-refractivity contribution in [2.75, 3.05) is 21.0 Å². The Bertz CT molecular complexity index is 1380. The molecule has 0 spiro atoms. The van der Waals surface area contributed by atoms with Crippen LogP contribution in [0.15, 0.2) is 48.0 Å². The number of fused-ring (bicyclic) bond motifs is 1. The molecule has 1 aromatic heterocycles. The van der Waals surface area contributed by atoms with E-state index < -0.39 is 37.3 Å². The lowest BCUT2D eigenvalue weighted by Gasteiger charge is -2.22. The second-order valence-corrected chi connectivity index (χ2v) is 12.5. The van der Waals surface area contributed by atoms with Gasteiger partial charge in [-0.2, -0.15) is 0 Å². The van der Waals surface area contributed by atoms with Gasteiger partial charge in [0.05, 0.1) is 19.6 Å². The summed E-state index contributed by atoms with van der Waals surface area (Å²) >= 11 is 7.45. The van der Waals surface area contributed by atoms with E-state index in [0.717, 1.165) is 4.70 Å². The van der Waals surface area contributed by atoms with Crippen LogP contribution < -0.4 is 14.8 Å². The second kappa shape index (κ2) is 12.3. The molecule has 0 radical (unpaired) electrons. The molecule has 9 nitrogen and oxygen atoms in total. The summed E-state index contributed by atoms with van der Waals surface area (Å²) in [5.74, 6) is -0.326. The van der Waals surface area contributed by atoms with Crippen molar-refractivity contribution in [1.29, 1.82) is 0 Å². The Morgan fingerprint density at radius 3 is 2.39 bits per heavy atom. The zero-order valence-electron chi connectivity index (χ0n) is 21.5. The van der Waals surface area contributed by atoms with Crippen molar-refractivity contribution < 1.29 is 37.8 Å². The summed E-state index contributed by atoms with van der Waals surface area (Å²) in [4.78, 5) is 36.3. The summed E-state index contributed by atoms with van der Waals surface area (Å²) in [7, 11) is -1.68. The first-order valence-electron chi connectivity index (χ1n) is 11.4. The fourth-order valence-corrected chi connectivity index (χ4v) is 5.90. The van der Waals surface area contributed by atoms with Crippen molar-refractivity contribution in [3.05, 3.63) is 64.1 Å². The van der Waals surface area contributed by atoms with Gasteiger partial charge in [0, 0.05) is 22.0 Å². The van der Waals surface area contributed by atoms with E-state index in [1.165, 1.54) is 31.8 Å². The van der Waals surface area contributed by atoms with Crippen molar-refractivity contribution in [1.82, 2.24) is 5.32 Å². The normalized spacial score (nSPS) is 14.2. The van der Waals surface area contributed by atoms with Crippen LogP contribution >= 0.6 is 30.5 Å². The monoisotopic (exact) mass is 581 g/mol. The zero-order valence-corrected chi connectivity index (χ0v) is 24.0. The van der Waals surface area contributed by atoms with Crippen LogP contribution in [0.25, 0.3) is 16.2 Å². The third kappa shape index (κ3) is 7.36. The maximum atomic E-state index is 13.4. The molecule has 2 atom stereocenters. The summed E-state index contributed by atoms with van der Waals surface area (Å²) in [6.45, 7) is 4.11. The number of halogens is 1. The molecule has 0 bridgehead atoms. The zero-order chi connectivity index (χ0) is 28.1. The largest absolute Gasteiger partial charge is 0.497 e. The number of carbonyl (C=O) groups excluding carboxylic acids is 2. The van der Waals surface area contributed by atoms with Gasteiger partial charge < -0.3 is 24.4 Å². The van der Waals surface area contributed by atoms with Crippen LogP contribution in [0.3, 0.4) is 0 Å². The van der Waals surface area contributed by atoms with Crippen molar-refractivity contribution >= 4 is 58.6 Å². The average Bonchev–Trinajstić information content (AvgIpc) is 3.25. The molecule has 2 N–H and O–H groups in total. The molecule has 1 amide bonds. The minimum absolute atomic E-state index is 0.259. The number of nitrogens with one attached hydrogen (secondary N) is 1. The average molecular weight is 582 g/mol. The number of hydrogen-bond donors (Lipinski definition) is 2. The number of rotatable bonds is 10. The predicted octanol–water partition coefficient (Wildman–Crippen LogP) is 6.15. The number of benzene rings is 2. The molecule has 0 fully saturated rings. The van der Waals surface area contributed by atoms with Gasteiger partial charge in [-0.15, -0.1) is 11.3 Å². The molecule has 2 unspecified atom stereocenters. The highest BCUT2D eigenvalue weighted by molar-refractivity contribution is 7.54. The first-order valence-corrected chi connectivity index (χ1v) is 14.3. The predicted molar refractivity (Wildman–Crippen MR) is 148 cm³/mol. The summed E-state index contributed by atoms with van der Waals surface area (Å²) in [5.41, 5.74) is -1.56. The molecule has 3 rings (SSSR count). The molecule has 38 heavy (non-hydrogen) atoms. The van der Waals surface area contributed by atoms with E-state index in [1.54, 1.807) is 68.6 Å². The van der Waals surface area contributed by atoms with Gasteiger partial charge in [-0.3, -0.25) is 18.7 Å². The summed E-state index contributed by atoms with van der Waals surface area (Å²) < 4.78 is 34.8. The Labute approximate surface area is 229 Å². The van der Waals surface area contributed by atoms with E-state index in [2.05, 4.69) is 5.32 Å². The molecule has 2 aromatic carbocycles. The molecule has 1 heterocycles. The Balaban J connectivity index is 1.90. The molecule has 0 saturated heterocycles. The highest BCUT2D eigenvalue weighted by atomic mass is 35.5. The first-order chi connectivity index (χ1) is 17.9. The van der Waals surface area contributed by atoms with Gasteiger partial charge in [-0.1, -0.05) is 11.6 Å². The summed E-state index contributed by atoms with van der Waals surface area (Å²) in [6.07, 6.45) is 2.92. The number of thiophene rings is 1. The molecule has 0 aliphatic carbocycles. The summed E-state index contributed by atoms with van der Waals surface area (Å²) in [6, 6.07) is 10.2. The third-order valence-corrected chi connectivity index (χ3v) is 8.21. The lowest BCUT2D eigenvalue weighted by molar-refractivity contribution is -0.159. The topological polar surface area (TPSA) is 120 Å². The molecular weight excluding hydrogens is 553 g/mol. The van der Waals surface area contributed by atoms with E-state index in [4.69, 9.17) is 30.3 Å². The van der Waals surface area contributed by atoms with Gasteiger partial charge in [-0.25, -0.2) is 0 Å². The third-order valence-electron chi connectivity index (χ3n) is 5.35. The van der Waals surface area contributed by atoms with Gasteiger partial charge in [0.25, 0.3) is 0 Å². The smallest absolute Gasteiger partial charge is 0.347 e. The van der Waals surface area contributed by atoms with Crippen LogP contribution in [-0.4, -0.2) is 37.8 Å². The lowest BCUT2D eigenvalue weighted by atomic mass is 9.98. The number of amides is 1. The number of ether oxygens (including phenoxy) is 3. The van der Waals surface area contributed by atoms with Crippen molar-refractivity contribution in [2.24, 2.45) is 5.41 Å². The minimum Gasteiger partial charge on any atom is -0.497 e. The molecule has 204 valence electrons. The Morgan fingerprint density at radius 2 is 1.79 bits per heavy atom. The van der Waals surface area contributed by atoms with E-state index in [-0.39, 0.29) is 5.56 Å². The fourth-order valence-electron chi connectivity index (χ4n) is 3.37.